The molecule has 0 heterocycles. The minimum Gasteiger partial charge on any atom is -0.497 e. The van der Waals surface area contributed by atoms with Gasteiger partial charge in [0, 0.05) is 17.5 Å². The normalized spacial score (nSPS) is 12.6. The number of methoxy groups -OCH3 is 1. The van der Waals surface area contributed by atoms with Gasteiger partial charge < -0.3 is 15.0 Å². The van der Waals surface area contributed by atoms with Crippen LogP contribution in [0, 0.1) is 0 Å². The number of hydrogen-bond donors (Lipinski definition) is 1. The molecule has 0 aliphatic heterocycles. The second-order valence-electron chi connectivity index (χ2n) is 10.3. The number of amides is 2. The Balaban J connectivity index is 2.05. The van der Waals surface area contributed by atoms with Crippen molar-refractivity contribution in [1.29, 1.82) is 0 Å². The van der Waals surface area contributed by atoms with Crippen LogP contribution in [0.4, 0.5) is 5.69 Å². The van der Waals surface area contributed by atoms with Crippen molar-refractivity contribution < 1.29 is 22.7 Å². The van der Waals surface area contributed by atoms with Crippen molar-refractivity contribution in [3.8, 4) is 5.75 Å². The summed E-state index contributed by atoms with van der Waals surface area (Å²) >= 11 is 0. The summed E-state index contributed by atoms with van der Waals surface area (Å²) < 4.78 is 32.4. The summed E-state index contributed by atoms with van der Waals surface area (Å²) in [4.78, 5) is 28.7. The molecular weight excluding hydrogens is 502 g/mol. The van der Waals surface area contributed by atoms with Crippen LogP contribution in [-0.2, 0) is 26.2 Å². The summed E-state index contributed by atoms with van der Waals surface area (Å²) in [6, 6.07) is 19.2. The summed E-state index contributed by atoms with van der Waals surface area (Å²) in [5.74, 6) is -0.162. The third-order valence-corrected chi connectivity index (χ3v) is 7.21. The van der Waals surface area contributed by atoms with Crippen LogP contribution in [0.5, 0.6) is 5.75 Å². The average molecular weight is 540 g/mol. The fraction of sp³-hybridized carbons (Fsp3) is 0.379. The van der Waals surface area contributed by atoms with E-state index >= 15 is 0 Å². The molecule has 1 unspecified atom stereocenters. The van der Waals surface area contributed by atoms with E-state index in [9.17, 15) is 18.0 Å². The molecule has 0 aliphatic rings. The van der Waals surface area contributed by atoms with Gasteiger partial charge in [-0.15, -0.1) is 0 Å². The highest BCUT2D eigenvalue weighted by atomic mass is 32.2. The number of rotatable bonds is 10. The summed E-state index contributed by atoms with van der Waals surface area (Å²) in [7, 11) is -2.28. The number of benzene rings is 3. The SMILES string of the molecule is CCC(C(=O)NC(C)(C)C)N(Cc1cccc(OC)c1)C(=O)CN(c1cccc2ccccc12)S(C)(=O)=O. The number of sulfonamides is 1. The summed E-state index contributed by atoms with van der Waals surface area (Å²) in [5, 5.41) is 4.53. The average Bonchev–Trinajstić information content (AvgIpc) is 2.85. The molecule has 0 aromatic heterocycles. The van der Waals surface area contributed by atoms with Gasteiger partial charge >= 0.3 is 0 Å². The number of ether oxygens (including phenoxy) is 1. The van der Waals surface area contributed by atoms with Crippen molar-refractivity contribution >= 4 is 38.3 Å². The van der Waals surface area contributed by atoms with Crippen LogP contribution in [0.3, 0.4) is 0 Å². The van der Waals surface area contributed by atoms with Crippen molar-refractivity contribution in [1.82, 2.24) is 10.2 Å². The first kappa shape index (κ1) is 29.0. The Morgan fingerprint density at radius 1 is 1.00 bits per heavy atom. The van der Waals surface area contributed by atoms with Crippen LogP contribution in [-0.4, -0.2) is 56.6 Å². The molecule has 9 heteroatoms. The van der Waals surface area contributed by atoms with E-state index in [1.807, 2.05) is 70.2 Å². The van der Waals surface area contributed by atoms with Gasteiger partial charge in [0.25, 0.3) is 0 Å². The van der Waals surface area contributed by atoms with Crippen LogP contribution >= 0.6 is 0 Å². The Kier molecular flexibility index (Phi) is 9.04. The van der Waals surface area contributed by atoms with E-state index < -0.39 is 34.1 Å². The molecule has 8 nitrogen and oxygen atoms in total. The molecule has 204 valence electrons. The summed E-state index contributed by atoms with van der Waals surface area (Å²) in [6.45, 7) is 7.11. The summed E-state index contributed by atoms with van der Waals surface area (Å²) in [6.07, 6.45) is 1.43. The number of nitrogens with one attached hydrogen (secondary N) is 1. The van der Waals surface area contributed by atoms with E-state index in [-0.39, 0.29) is 12.5 Å². The molecular formula is C29H37N3O5S. The zero-order valence-corrected chi connectivity index (χ0v) is 23.7. The maximum absolute atomic E-state index is 13.9. The first-order chi connectivity index (χ1) is 17.8. The molecule has 2 amide bonds. The van der Waals surface area contributed by atoms with Gasteiger partial charge in [0.2, 0.25) is 21.8 Å². The molecule has 0 saturated heterocycles. The van der Waals surface area contributed by atoms with Gasteiger partial charge in [0.1, 0.15) is 18.3 Å². The molecule has 3 aromatic carbocycles. The highest BCUT2D eigenvalue weighted by molar-refractivity contribution is 7.92. The number of carbonyl (C=O) groups excluding carboxylic acids is 2. The third kappa shape index (κ3) is 7.25. The third-order valence-electron chi connectivity index (χ3n) is 6.09. The smallest absolute Gasteiger partial charge is 0.244 e. The van der Waals surface area contributed by atoms with Crippen molar-refractivity contribution in [2.45, 2.75) is 52.2 Å². The first-order valence-corrected chi connectivity index (χ1v) is 14.4. The highest BCUT2D eigenvalue weighted by Crippen LogP contribution is 2.29. The molecule has 0 radical (unpaired) electrons. The van der Waals surface area contributed by atoms with Gasteiger partial charge in [-0.05, 0) is 56.3 Å². The standard InChI is InChI=1S/C29H37N3O5S/c1-7-25(28(34)30-29(2,3)4)31(19-21-12-10-15-23(18-21)37-5)27(33)20-32(38(6,35)36)26-17-11-14-22-13-8-9-16-24(22)26/h8-18,25H,7,19-20H2,1-6H3,(H,30,34). The zero-order chi connectivity index (χ0) is 28.1. The molecule has 3 rings (SSSR count). The number of fused-ring (bicyclic) bond motifs is 1. The number of nitrogens with zero attached hydrogens (tertiary/aromatic N) is 2. The van der Waals surface area contributed by atoms with E-state index in [0.717, 1.165) is 21.5 Å². The summed E-state index contributed by atoms with van der Waals surface area (Å²) in [5.41, 5.74) is 0.667. The van der Waals surface area contributed by atoms with Gasteiger partial charge in [-0.25, -0.2) is 8.42 Å². The van der Waals surface area contributed by atoms with Crippen molar-refractivity contribution in [2.24, 2.45) is 0 Å². The monoisotopic (exact) mass is 539 g/mol. The lowest BCUT2D eigenvalue weighted by atomic mass is 10.1. The lowest BCUT2D eigenvalue weighted by molar-refractivity contribution is -0.141. The highest BCUT2D eigenvalue weighted by Gasteiger charge is 2.33. The number of anilines is 1. The Morgan fingerprint density at radius 2 is 1.66 bits per heavy atom. The van der Waals surface area contributed by atoms with E-state index in [2.05, 4.69) is 5.32 Å². The molecule has 1 atom stereocenters. The van der Waals surface area contributed by atoms with Gasteiger partial charge in [0.15, 0.2) is 0 Å². The van der Waals surface area contributed by atoms with Gasteiger partial charge in [-0.2, -0.15) is 0 Å². The molecule has 38 heavy (non-hydrogen) atoms. The van der Waals surface area contributed by atoms with Crippen LogP contribution in [0.2, 0.25) is 0 Å². The molecule has 0 aliphatic carbocycles. The van der Waals surface area contributed by atoms with E-state index in [4.69, 9.17) is 4.74 Å². The maximum atomic E-state index is 13.9. The Labute approximate surface area is 225 Å². The molecule has 0 saturated carbocycles. The lowest BCUT2D eigenvalue weighted by Crippen LogP contribution is -2.55. The van der Waals surface area contributed by atoms with Gasteiger partial charge in [0.05, 0.1) is 19.1 Å². The molecule has 1 N–H and O–H groups in total. The van der Waals surface area contributed by atoms with Gasteiger partial charge in [-0.3, -0.25) is 13.9 Å². The fourth-order valence-corrected chi connectivity index (χ4v) is 5.22. The Bertz CT molecular complexity index is 1390. The van der Waals surface area contributed by atoms with Crippen molar-refractivity contribution in [3.05, 3.63) is 72.3 Å². The van der Waals surface area contributed by atoms with Gasteiger partial charge in [-0.1, -0.05) is 55.5 Å². The van der Waals surface area contributed by atoms with E-state index in [1.165, 1.54) is 4.90 Å². The Hall–Kier alpha value is -3.59. The topological polar surface area (TPSA) is 96.0 Å². The second kappa shape index (κ2) is 11.9. The zero-order valence-electron chi connectivity index (χ0n) is 22.9. The minimum absolute atomic E-state index is 0.110. The van der Waals surface area contributed by atoms with Crippen LogP contribution < -0.4 is 14.4 Å². The molecule has 3 aromatic rings. The molecule has 0 bridgehead atoms. The van der Waals surface area contributed by atoms with Crippen LogP contribution in [0.1, 0.15) is 39.7 Å². The molecule has 0 spiro atoms. The van der Waals surface area contributed by atoms with Crippen LogP contribution in [0.25, 0.3) is 10.8 Å². The molecule has 0 fully saturated rings. The number of carbonyl (C=O) groups is 2. The Morgan fingerprint density at radius 3 is 2.29 bits per heavy atom. The minimum atomic E-state index is -3.84. The lowest BCUT2D eigenvalue weighted by Gasteiger charge is -2.34. The van der Waals surface area contributed by atoms with Crippen molar-refractivity contribution in [3.63, 3.8) is 0 Å². The first-order valence-electron chi connectivity index (χ1n) is 12.5. The fourth-order valence-electron chi connectivity index (χ4n) is 4.36. The largest absolute Gasteiger partial charge is 0.497 e. The number of hydrogen-bond acceptors (Lipinski definition) is 5. The quantitative estimate of drug-likeness (QED) is 0.414. The predicted octanol–water partition coefficient (Wildman–Crippen LogP) is 4.34. The van der Waals surface area contributed by atoms with E-state index in [1.54, 1.807) is 31.4 Å². The maximum Gasteiger partial charge on any atom is 0.244 e. The van der Waals surface area contributed by atoms with Crippen LogP contribution in [0.15, 0.2) is 66.7 Å². The van der Waals surface area contributed by atoms with E-state index in [0.29, 0.717) is 23.2 Å². The predicted molar refractivity (Wildman–Crippen MR) is 152 cm³/mol. The second-order valence-corrected chi connectivity index (χ2v) is 12.2. The van der Waals surface area contributed by atoms with Crippen molar-refractivity contribution in [2.75, 3.05) is 24.2 Å².